The lowest BCUT2D eigenvalue weighted by molar-refractivity contribution is -0.131. The molecule has 1 saturated heterocycles. The molecule has 7 nitrogen and oxygen atoms in total. The van der Waals surface area contributed by atoms with Crippen molar-refractivity contribution in [2.45, 2.75) is 24.2 Å². The maximum absolute atomic E-state index is 14.7. The number of carbonyl (C=O) groups excluding carboxylic acids is 2. The predicted octanol–water partition coefficient (Wildman–Crippen LogP) is 4.15. The molecule has 1 aliphatic rings. The van der Waals surface area contributed by atoms with Crippen molar-refractivity contribution in [2.24, 2.45) is 5.73 Å². The molecule has 35 heavy (non-hydrogen) atoms. The fourth-order valence-corrected chi connectivity index (χ4v) is 4.70. The molecular weight excluding hydrogens is 498 g/mol. The van der Waals surface area contributed by atoms with Gasteiger partial charge >= 0.3 is 0 Å². The number of benzene rings is 2. The van der Waals surface area contributed by atoms with Crippen molar-refractivity contribution in [3.63, 3.8) is 0 Å². The van der Waals surface area contributed by atoms with Crippen LogP contribution >= 0.6 is 23.5 Å². The summed E-state index contributed by atoms with van der Waals surface area (Å²) in [6.45, 7) is 2.64. The van der Waals surface area contributed by atoms with E-state index < -0.39 is 23.3 Å². The summed E-state index contributed by atoms with van der Waals surface area (Å²) in [4.78, 5) is 28.1. The van der Waals surface area contributed by atoms with Crippen molar-refractivity contribution in [1.82, 2.24) is 14.1 Å². The third-order valence-electron chi connectivity index (χ3n) is 5.49. The molecule has 190 valence electrons. The molecule has 2 amide bonds. The number of carbonyl (C=O) groups is 2. The Kier molecular flexibility index (Phi) is 10.1. The van der Waals surface area contributed by atoms with Crippen molar-refractivity contribution in [3.8, 4) is 11.5 Å². The van der Waals surface area contributed by atoms with Gasteiger partial charge < -0.3 is 15.4 Å². The van der Waals surface area contributed by atoms with Gasteiger partial charge in [0, 0.05) is 30.1 Å². The summed E-state index contributed by atoms with van der Waals surface area (Å²) in [5.74, 6) is -2.70. The molecule has 0 spiro atoms. The van der Waals surface area contributed by atoms with Gasteiger partial charge in [-0.25, -0.2) is 13.1 Å². The van der Waals surface area contributed by atoms with Gasteiger partial charge in [0.15, 0.2) is 17.4 Å². The molecule has 2 aromatic carbocycles. The first-order valence-corrected chi connectivity index (χ1v) is 12.5. The predicted molar refractivity (Wildman–Crippen MR) is 132 cm³/mol. The van der Waals surface area contributed by atoms with Crippen molar-refractivity contribution in [2.75, 3.05) is 46.3 Å². The molecular formula is C24H29ClF2N4O3S. The van der Waals surface area contributed by atoms with E-state index in [9.17, 15) is 18.4 Å². The normalized spacial score (nSPS) is 14.2. The van der Waals surface area contributed by atoms with Crippen molar-refractivity contribution >= 4 is 35.4 Å². The third-order valence-corrected chi connectivity index (χ3v) is 6.76. The maximum Gasteiger partial charge on any atom is 0.236 e. The molecule has 1 heterocycles. The molecule has 0 unspecified atom stereocenters. The van der Waals surface area contributed by atoms with Gasteiger partial charge in [0.25, 0.3) is 0 Å². The number of halogens is 3. The Hall–Kier alpha value is -2.40. The highest BCUT2D eigenvalue weighted by Gasteiger charge is 2.20. The average molecular weight is 527 g/mol. The largest absolute Gasteiger partial charge is 0.451 e. The first-order chi connectivity index (χ1) is 16.7. The minimum absolute atomic E-state index is 0.0169. The Balaban J connectivity index is 1.61. The number of nitrogens with two attached hydrogens (primary N) is 1. The molecule has 0 aromatic heterocycles. The van der Waals surface area contributed by atoms with Gasteiger partial charge in [0.1, 0.15) is 5.75 Å². The van der Waals surface area contributed by atoms with E-state index in [1.54, 1.807) is 28.4 Å². The van der Waals surface area contributed by atoms with Crippen LogP contribution in [0, 0.1) is 11.6 Å². The van der Waals surface area contributed by atoms with Crippen molar-refractivity contribution in [3.05, 3.63) is 53.1 Å². The monoisotopic (exact) mass is 526 g/mol. The first-order valence-electron chi connectivity index (χ1n) is 11.3. The fraction of sp³-hybridized carbons (Fsp3) is 0.417. The summed E-state index contributed by atoms with van der Waals surface area (Å²) in [7, 11) is 1.70. The molecule has 1 aliphatic heterocycles. The molecule has 0 bridgehead atoms. The quantitative estimate of drug-likeness (QED) is 0.443. The van der Waals surface area contributed by atoms with Crippen LogP contribution in [0.3, 0.4) is 0 Å². The van der Waals surface area contributed by atoms with E-state index in [4.69, 9.17) is 22.1 Å². The Bertz CT molecular complexity index is 999. The van der Waals surface area contributed by atoms with Gasteiger partial charge in [-0.3, -0.25) is 14.5 Å². The van der Waals surface area contributed by atoms with E-state index in [0.29, 0.717) is 18.1 Å². The maximum atomic E-state index is 14.7. The molecule has 1 fully saturated rings. The smallest absolute Gasteiger partial charge is 0.236 e. The number of primary amides is 1. The van der Waals surface area contributed by atoms with E-state index >= 15 is 0 Å². The fourth-order valence-electron chi connectivity index (χ4n) is 3.60. The lowest BCUT2D eigenvalue weighted by Crippen LogP contribution is -2.43. The molecule has 0 saturated carbocycles. The summed E-state index contributed by atoms with van der Waals surface area (Å²) in [6, 6.07) is 8.35. The van der Waals surface area contributed by atoms with Gasteiger partial charge in [-0.1, -0.05) is 18.0 Å². The lowest BCUT2D eigenvalue weighted by atomic mass is 10.1. The summed E-state index contributed by atoms with van der Waals surface area (Å²) in [5, 5.41) is 0.471. The van der Waals surface area contributed by atoms with Gasteiger partial charge in [0.2, 0.25) is 11.8 Å². The van der Waals surface area contributed by atoms with Crippen LogP contribution in [0.1, 0.15) is 19.3 Å². The minimum Gasteiger partial charge on any atom is -0.451 e. The number of nitrogens with zero attached hydrogens (tertiary/aromatic N) is 3. The molecule has 11 heteroatoms. The van der Waals surface area contributed by atoms with Crippen LogP contribution in [0.2, 0.25) is 5.02 Å². The van der Waals surface area contributed by atoms with Crippen LogP contribution in [-0.2, 0) is 9.59 Å². The Labute approximate surface area is 213 Å². The standard InChI is InChI=1S/C24H29ClF2N4O3S/c1-29(23(33)16-30-9-3-2-4-10-30)11-12-31(15-22(28)32)35-19-13-20(26)24(21(27)14-19)34-18-7-5-17(25)6-8-18/h5-8,13-14H,2-4,9-12,15-16H2,1H3,(H2,28,32). The number of ether oxygens (including phenoxy) is 1. The van der Waals surface area contributed by atoms with E-state index in [0.717, 1.165) is 50.0 Å². The highest BCUT2D eigenvalue weighted by Crippen LogP contribution is 2.33. The lowest BCUT2D eigenvalue weighted by Gasteiger charge is -2.29. The van der Waals surface area contributed by atoms with Crippen LogP contribution < -0.4 is 10.5 Å². The van der Waals surface area contributed by atoms with E-state index in [-0.39, 0.29) is 29.6 Å². The van der Waals surface area contributed by atoms with Gasteiger partial charge in [-0.2, -0.15) is 0 Å². The van der Waals surface area contributed by atoms with E-state index in [2.05, 4.69) is 4.90 Å². The second-order valence-corrected chi connectivity index (χ2v) is 9.95. The summed E-state index contributed by atoms with van der Waals surface area (Å²) in [5.41, 5.74) is 5.36. The van der Waals surface area contributed by atoms with Crippen LogP contribution in [0.4, 0.5) is 8.78 Å². The Morgan fingerprint density at radius 3 is 2.31 bits per heavy atom. The summed E-state index contributed by atoms with van der Waals surface area (Å²) in [6.07, 6.45) is 3.38. The SMILES string of the molecule is CN(CCN(CC(N)=O)Sc1cc(F)c(Oc2ccc(Cl)cc2)c(F)c1)C(=O)CN1CCCCC1. The van der Waals surface area contributed by atoms with Crippen LogP contribution in [0.5, 0.6) is 11.5 Å². The number of hydrogen-bond acceptors (Lipinski definition) is 6. The van der Waals surface area contributed by atoms with Crippen LogP contribution in [-0.4, -0.2) is 72.2 Å². The number of likely N-dealkylation sites (N-methyl/N-ethyl adjacent to an activating group) is 1. The topological polar surface area (TPSA) is 79.1 Å². The molecule has 2 aromatic rings. The molecule has 2 N–H and O–H groups in total. The Morgan fingerprint density at radius 2 is 1.71 bits per heavy atom. The average Bonchev–Trinajstić information content (AvgIpc) is 2.81. The molecule has 0 aliphatic carbocycles. The minimum atomic E-state index is -0.893. The summed E-state index contributed by atoms with van der Waals surface area (Å²) < 4.78 is 36.2. The third kappa shape index (κ3) is 8.64. The van der Waals surface area contributed by atoms with Crippen molar-refractivity contribution in [1.29, 1.82) is 0 Å². The zero-order chi connectivity index (χ0) is 25.4. The Morgan fingerprint density at radius 1 is 1.09 bits per heavy atom. The van der Waals surface area contributed by atoms with Crippen LogP contribution in [0.15, 0.2) is 41.3 Å². The first kappa shape index (κ1) is 27.2. The number of likely N-dealkylation sites (tertiary alicyclic amines) is 1. The second kappa shape index (κ2) is 13.1. The van der Waals surface area contributed by atoms with E-state index in [1.807, 2.05) is 0 Å². The molecule has 3 rings (SSSR count). The van der Waals surface area contributed by atoms with Gasteiger partial charge in [0.05, 0.1) is 13.1 Å². The number of piperidine rings is 1. The number of hydrogen-bond donors (Lipinski definition) is 1. The summed E-state index contributed by atoms with van der Waals surface area (Å²) >= 11 is 6.80. The number of rotatable bonds is 11. The zero-order valence-corrected chi connectivity index (χ0v) is 21.1. The van der Waals surface area contributed by atoms with Crippen molar-refractivity contribution < 1.29 is 23.1 Å². The highest BCUT2D eigenvalue weighted by molar-refractivity contribution is 7.97. The highest BCUT2D eigenvalue weighted by atomic mass is 35.5. The van der Waals surface area contributed by atoms with Crippen LogP contribution in [0.25, 0.3) is 0 Å². The zero-order valence-electron chi connectivity index (χ0n) is 19.5. The molecule has 0 radical (unpaired) electrons. The molecule has 0 atom stereocenters. The van der Waals surface area contributed by atoms with Gasteiger partial charge in [-0.05, 0) is 74.3 Å². The van der Waals surface area contributed by atoms with Gasteiger partial charge in [-0.15, -0.1) is 0 Å². The number of amides is 2. The second-order valence-electron chi connectivity index (χ2n) is 8.35. The van der Waals surface area contributed by atoms with E-state index in [1.165, 1.54) is 18.6 Å².